The van der Waals surface area contributed by atoms with E-state index in [-0.39, 0.29) is 12.5 Å². The normalized spacial score (nSPS) is 12.9. The second-order valence-electron chi connectivity index (χ2n) is 7.48. The van der Waals surface area contributed by atoms with E-state index in [1.165, 1.54) is 12.8 Å². The Morgan fingerprint density at radius 3 is 2.08 bits per heavy atom. The molecule has 148 valence electrons. The Morgan fingerprint density at radius 2 is 1.60 bits per heavy atom. The van der Waals surface area contributed by atoms with Crippen LogP contribution in [0.15, 0.2) is 12.7 Å². The van der Waals surface area contributed by atoms with Crippen molar-refractivity contribution in [3.63, 3.8) is 0 Å². The number of unbranched alkanes of at least 4 members (excludes halogenated alkanes) is 6. The van der Waals surface area contributed by atoms with E-state index in [0.717, 1.165) is 68.9 Å². The molecule has 0 heterocycles. The summed E-state index contributed by atoms with van der Waals surface area (Å²) in [5, 5.41) is 19.7. The van der Waals surface area contributed by atoms with Gasteiger partial charge >= 0.3 is 5.97 Å². The van der Waals surface area contributed by atoms with E-state index in [4.69, 9.17) is 0 Å². The first kappa shape index (κ1) is 24.1. The summed E-state index contributed by atoms with van der Waals surface area (Å²) < 4.78 is 0.773. The number of allylic oxidation sites excluding steroid dienone is 1. The fourth-order valence-corrected chi connectivity index (χ4v) is 3.54. The highest BCUT2D eigenvalue weighted by atomic mass is 16.4. The molecule has 2 N–H and O–H groups in total. The van der Waals surface area contributed by atoms with Gasteiger partial charge < -0.3 is 14.7 Å². The zero-order chi connectivity index (χ0) is 19.0. The number of hydrogen-bond acceptors (Lipinski definition) is 2. The van der Waals surface area contributed by atoms with E-state index in [1.807, 2.05) is 6.08 Å². The highest BCUT2D eigenvalue weighted by molar-refractivity contribution is 5.66. The predicted octanol–water partition coefficient (Wildman–Crippen LogP) is 4.77. The third-order valence-corrected chi connectivity index (χ3v) is 5.07. The van der Waals surface area contributed by atoms with Crippen LogP contribution in [0.5, 0.6) is 0 Å². The molecule has 0 saturated carbocycles. The molecule has 0 radical (unpaired) electrons. The lowest BCUT2D eigenvalue weighted by atomic mass is 10.1. The second kappa shape index (κ2) is 15.4. The van der Waals surface area contributed by atoms with Crippen LogP contribution in [0.1, 0.15) is 84.5 Å². The zero-order valence-electron chi connectivity index (χ0n) is 16.7. The van der Waals surface area contributed by atoms with Crippen molar-refractivity contribution in [2.75, 3.05) is 26.2 Å². The van der Waals surface area contributed by atoms with Gasteiger partial charge in [-0.3, -0.25) is 4.79 Å². The topological polar surface area (TPSA) is 57.5 Å². The van der Waals surface area contributed by atoms with Gasteiger partial charge in [0.2, 0.25) is 0 Å². The molecule has 4 heteroatoms. The summed E-state index contributed by atoms with van der Waals surface area (Å²) in [6.45, 7) is 11.5. The van der Waals surface area contributed by atoms with Gasteiger partial charge in [-0.2, -0.15) is 0 Å². The fraction of sp³-hybridized carbons (Fsp3) is 0.857. The second-order valence-corrected chi connectivity index (χ2v) is 7.48. The van der Waals surface area contributed by atoms with Gasteiger partial charge in [0.05, 0.1) is 26.1 Å². The molecule has 0 rings (SSSR count). The van der Waals surface area contributed by atoms with E-state index in [1.54, 1.807) is 0 Å². The molecule has 0 aliphatic rings. The van der Waals surface area contributed by atoms with Gasteiger partial charge in [-0.05, 0) is 44.9 Å². The summed E-state index contributed by atoms with van der Waals surface area (Å²) in [6, 6.07) is 0. The van der Waals surface area contributed by atoms with Crippen LogP contribution in [-0.2, 0) is 4.79 Å². The summed E-state index contributed by atoms with van der Waals surface area (Å²) in [5.74, 6) is -0.728. The molecule has 1 atom stereocenters. The molecule has 0 aromatic rings. The van der Waals surface area contributed by atoms with Crippen molar-refractivity contribution in [3.05, 3.63) is 12.7 Å². The quantitative estimate of drug-likeness (QED) is 0.211. The predicted molar refractivity (Wildman–Crippen MR) is 106 cm³/mol. The van der Waals surface area contributed by atoms with Gasteiger partial charge in [0, 0.05) is 0 Å². The van der Waals surface area contributed by atoms with E-state index in [0.29, 0.717) is 13.1 Å². The van der Waals surface area contributed by atoms with Crippen LogP contribution in [0.2, 0.25) is 0 Å². The lowest BCUT2D eigenvalue weighted by molar-refractivity contribution is -0.931. The van der Waals surface area contributed by atoms with Crippen LogP contribution in [-0.4, -0.2) is 52.9 Å². The largest absolute Gasteiger partial charge is 0.481 e. The first-order valence-electron chi connectivity index (χ1n) is 10.4. The van der Waals surface area contributed by atoms with Gasteiger partial charge in [0.15, 0.2) is 0 Å². The van der Waals surface area contributed by atoms with E-state index in [2.05, 4.69) is 20.4 Å². The molecule has 0 bridgehead atoms. The molecule has 0 amide bonds. The molecule has 0 fully saturated rings. The van der Waals surface area contributed by atoms with Crippen molar-refractivity contribution in [3.8, 4) is 0 Å². The Morgan fingerprint density at radius 1 is 1.00 bits per heavy atom. The number of rotatable bonds is 18. The highest BCUT2D eigenvalue weighted by Gasteiger charge is 2.30. The first-order valence-corrected chi connectivity index (χ1v) is 10.4. The number of carboxylic acids is 1. The van der Waals surface area contributed by atoms with Crippen molar-refractivity contribution < 1.29 is 19.5 Å². The van der Waals surface area contributed by atoms with Crippen LogP contribution in [0.3, 0.4) is 0 Å². The summed E-state index contributed by atoms with van der Waals surface area (Å²) in [6.07, 6.45) is 12.6. The number of quaternary nitrogens is 1. The van der Waals surface area contributed by atoms with Crippen molar-refractivity contribution >= 4 is 5.97 Å². The fourth-order valence-electron chi connectivity index (χ4n) is 3.54. The maximum Gasteiger partial charge on any atom is 0.309 e. The number of hydrogen-bond donors (Lipinski definition) is 2. The average Bonchev–Trinajstić information content (AvgIpc) is 2.57. The van der Waals surface area contributed by atoms with E-state index < -0.39 is 5.97 Å². The zero-order valence-corrected chi connectivity index (χ0v) is 16.7. The minimum absolute atomic E-state index is 0.196. The molecule has 0 spiro atoms. The maximum absolute atomic E-state index is 11.2. The molecule has 25 heavy (non-hydrogen) atoms. The molecular weight excluding hydrogens is 314 g/mol. The van der Waals surface area contributed by atoms with Crippen molar-refractivity contribution in [1.82, 2.24) is 0 Å². The van der Waals surface area contributed by atoms with Crippen molar-refractivity contribution in [1.29, 1.82) is 0 Å². The van der Waals surface area contributed by atoms with E-state index >= 15 is 0 Å². The molecule has 0 saturated heterocycles. The van der Waals surface area contributed by atoms with Gasteiger partial charge in [-0.25, -0.2) is 0 Å². The molecule has 0 aliphatic heterocycles. The Labute approximate surface area is 155 Å². The number of carbonyl (C=O) groups is 1. The smallest absolute Gasteiger partial charge is 0.309 e. The molecule has 4 nitrogen and oxygen atoms in total. The maximum atomic E-state index is 11.2. The van der Waals surface area contributed by atoms with Gasteiger partial charge in [0.25, 0.3) is 0 Å². The number of aliphatic carboxylic acids is 1. The molecule has 1 unspecified atom stereocenters. The van der Waals surface area contributed by atoms with Gasteiger partial charge in [0.1, 0.15) is 12.6 Å². The third kappa shape index (κ3) is 13.1. The number of nitrogens with zero attached hydrogens (tertiary/aromatic N) is 1. The monoisotopic (exact) mass is 356 g/mol. The molecule has 0 aromatic carbocycles. The Hall–Kier alpha value is -0.870. The minimum atomic E-state index is -0.728. The summed E-state index contributed by atoms with van der Waals surface area (Å²) in [5.41, 5.74) is 0. The lowest BCUT2D eigenvalue weighted by Crippen LogP contribution is -2.54. The van der Waals surface area contributed by atoms with Crippen LogP contribution < -0.4 is 0 Å². The Kier molecular flexibility index (Phi) is 14.9. The van der Waals surface area contributed by atoms with Crippen LogP contribution >= 0.6 is 0 Å². The van der Waals surface area contributed by atoms with Crippen LogP contribution in [0.4, 0.5) is 0 Å². The summed E-state index contributed by atoms with van der Waals surface area (Å²) >= 11 is 0. The Bertz CT molecular complexity index is 334. The third-order valence-electron chi connectivity index (χ3n) is 5.07. The van der Waals surface area contributed by atoms with Crippen LogP contribution in [0, 0.1) is 0 Å². The van der Waals surface area contributed by atoms with Crippen molar-refractivity contribution in [2.24, 2.45) is 0 Å². The average molecular weight is 357 g/mol. The lowest BCUT2D eigenvalue weighted by Gasteiger charge is -2.40. The molecule has 0 aliphatic carbocycles. The van der Waals surface area contributed by atoms with Gasteiger partial charge in [-0.15, -0.1) is 6.58 Å². The SMILES string of the molecule is C=CCCCCC(O)C[N+](CCCCC)(CCCCC)CCC(=O)O. The number of carboxylic acid groups (broad SMARTS) is 1. The van der Waals surface area contributed by atoms with Crippen LogP contribution in [0.25, 0.3) is 0 Å². The number of aliphatic hydroxyl groups excluding tert-OH is 1. The summed E-state index contributed by atoms with van der Waals surface area (Å²) in [7, 11) is 0. The Balaban J connectivity index is 4.84. The highest BCUT2D eigenvalue weighted by Crippen LogP contribution is 2.18. The molecule has 0 aromatic heterocycles. The van der Waals surface area contributed by atoms with Gasteiger partial charge in [-0.1, -0.05) is 39.2 Å². The minimum Gasteiger partial charge on any atom is -0.481 e. The standard InChI is InChI=1S/C21H41NO3/c1-4-7-10-11-14-20(23)19-22(16-12-8-5-2,17-13-9-6-3)18-15-21(24)25/h4,20,23H,1,5-19H2,2-3H3/p+1. The molecular formula is C21H42NO3+. The number of aliphatic hydroxyl groups is 1. The summed E-state index contributed by atoms with van der Waals surface area (Å²) in [4.78, 5) is 11.2. The van der Waals surface area contributed by atoms with Crippen molar-refractivity contribution in [2.45, 2.75) is 90.6 Å². The van der Waals surface area contributed by atoms with E-state index in [9.17, 15) is 15.0 Å². The first-order chi connectivity index (χ1) is 12.0.